The number of anilines is 1. The van der Waals surface area contributed by atoms with Crippen LogP contribution in [-0.2, 0) is 16.1 Å². The van der Waals surface area contributed by atoms with Crippen molar-refractivity contribution in [3.63, 3.8) is 0 Å². The normalized spacial score (nSPS) is 10.6. The van der Waals surface area contributed by atoms with E-state index in [0.29, 0.717) is 35.9 Å². The minimum absolute atomic E-state index is 0.0331. The highest BCUT2D eigenvalue weighted by Gasteiger charge is 2.12. The Labute approximate surface area is 198 Å². The molecule has 0 saturated carbocycles. The number of hydrogen-bond donors (Lipinski definition) is 2. The van der Waals surface area contributed by atoms with E-state index in [1.54, 1.807) is 30.3 Å². The molecule has 0 bridgehead atoms. The lowest BCUT2D eigenvalue weighted by atomic mass is 10.1. The molecule has 3 rings (SSSR count). The molecule has 0 fully saturated rings. The van der Waals surface area contributed by atoms with E-state index in [-0.39, 0.29) is 18.1 Å². The molecule has 0 radical (unpaired) electrons. The van der Waals surface area contributed by atoms with Gasteiger partial charge in [0.1, 0.15) is 11.6 Å². The number of amides is 2. The lowest BCUT2D eigenvalue weighted by Gasteiger charge is -2.13. The van der Waals surface area contributed by atoms with Gasteiger partial charge < -0.3 is 20.1 Å². The highest BCUT2D eigenvalue weighted by atomic mass is 16.5. The van der Waals surface area contributed by atoms with E-state index in [9.17, 15) is 14.9 Å². The molecule has 2 N–H and O–H groups in total. The third-order valence-corrected chi connectivity index (χ3v) is 4.66. The predicted molar refractivity (Wildman–Crippen MR) is 130 cm³/mol. The number of nitriles is 1. The maximum atomic E-state index is 12.5. The number of hydrogen-bond acceptors (Lipinski definition) is 5. The van der Waals surface area contributed by atoms with Crippen LogP contribution in [0.3, 0.4) is 0 Å². The summed E-state index contributed by atoms with van der Waals surface area (Å²) >= 11 is 0. The fraction of sp³-hybridized carbons (Fsp3) is 0.148. The monoisotopic (exact) mass is 455 g/mol. The first-order valence-corrected chi connectivity index (χ1v) is 10.8. The lowest BCUT2D eigenvalue weighted by molar-refractivity contribution is -0.118. The van der Waals surface area contributed by atoms with Crippen molar-refractivity contribution in [3.05, 3.63) is 95.6 Å². The molecule has 0 heterocycles. The van der Waals surface area contributed by atoms with Gasteiger partial charge in [0.05, 0.1) is 6.61 Å². The first-order chi connectivity index (χ1) is 16.6. The van der Waals surface area contributed by atoms with Crippen LogP contribution in [0.5, 0.6) is 11.5 Å². The smallest absolute Gasteiger partial charge is 0.262 e. The van der Waals surface area contributed by atoms with Crippen molar-refractivity contribution in [3.8, 4) is 17.6 Å². The first-order valence-electron chi connectivity index (χ1n) is 10.8. The van der Waals surface area contributed by atoms with E-state index in [0.717, 1.165) is 5.56 Å². The number of para-hydroxylation sites is 1. The first kappa shape index (κ1) is 24.1. The summed E-state index contributed by atoms with van der Waals surface area (Å²) in [6.45, 7) is 2.32. The molecular formula is C27H25N3O4. The number of ether oxygens (including phenoxy) is 2. The van der Waals surface area contributed by atoms with Gasteiger partial charge in [-0.1, -0.05) is 54.6 Å². The topological polar surface area (TPSA) is 100 Å². The Balaban J connectivity index is 1.66. The van der Waals surface area contributed by atoms with E-state index in [1.807, 2.05) is 61.5 Å². The maximum Gasteiger partial charge on any atom is 0.262 e. The van der Waals surface area contributed by atoms with Crippen molar-refractivity contribution >= 4 is 23.6 Å². The molecule has 7 heteroatoms. The number of benzene rings is 3. The average molecular weight is 456 g/mol. The Morgan fingerprint density at radius 2 is 1.65 bits per heavy atom. The van der Waals surface area contributed by atoms with Crippen molar-refractivity contribution in [1.82, 2.24) is 5.32 Å². The largest absolute Gasteiger partial charge is 0.490 e. The SMILES string of the molecule is CCOc1cc(/C=C(\C#N)C(=O)NCc2ccccc2)ccc1OCC(=O)Nc1ccccc1. The molecule has 0 saturated heterocycles. The van der Waals surface area contributed by atoms with Gasteiger partial charge in [-0.05, 0) is 48.4 Å². The van der Waals surface area contributed by atoms with Crippen molar-refractivity contribution in [2.24, 2.45) is 0 Å². The molecule has 0 aliphatic carbocycles. The van der Waals surface area contributed by atoms with Gasteiger partial charge in [0.15, 0.2) is 18.1 Å². The Morgan fingerprint density at radius 1 is 0.941 bits per heavy atom. The molecule has 7 nitrogen and oxygen atoms in total. The molecular weight excluding hydrogens is 430 g/mol. The highest BCUT2D eigenvalue weighted by Crippen LogP contribution is 2.29. The van der Waals surface area contributed by atoms with Crippen LogP contribution < -0.4 is 20.1 Å². The van der Waals surface area contributed by atoms with E-state index >= 15 is 0 Å². The molecule has 3 aromatic carbocycles. The molecule has 0 atom stereocenters. The van der Waals surface area contributed by atoms with Gasteiger partial charge in [0.2, 0.25) is 0 Å². The quantitative estimate of drug-likeness (QED) is 0.350. The third-order valence-electron chi connectivity index (χ3n) is 4.66. The summed E-state index contributed by atoms with van der Waals surface area (Å²) in [6, 6.07) is 25.5. The Bertz CT molecular complexity index is 1190. The summed E-state index contributed by atoms with van der Waals surface area (Å²) in [4.78, 5) is 24.6. The highest BCUT2D eigenvalue weighted by molar-refractivity contribution is 6.01. The van der Waals surface area contributed by atoms with Crippen LogP contribution in [0.2, 0.25) is 0 Å². The predicted octanol–water partition coefficient (Wildman–Crippen LogP) is 4.33. The molecule has 34 heavy (non-hydrogen) atoms. The van der Waals surface area contributed by atoms with Gasteiger partial charge in [-0.25, -0.2) is 0 Å². The zero-order valence-electron chi connectivity index (χ0n) is 18.8. The standard InChI is InChI=1S/C27H25N3O4/c1-2-33-25-16-21(15-22(17-28)27(32)29-18-20-9-5-3-6-10-20)13-14-24(25)34-19-26(31)30-23-11-7-4-8-12-23/h3-16H,2,18-19H2,1H3,(H,29,32)(H,30,31)/b22-15+. The lowest BCUT2D eigenvalue weighted by Crippen LogP contribution is -2.23. The van der Waals surface area contributed by atoms with E-state index < -0.39 is 5.91 Å². The van der Waals surface area contributed by atoms with Crippen molar-refractivity contribution in [1.29, 1.82) is 5.26 Å². The van der Waals surface area contributed by atoms with Crippen LogP contribution in [0.25, 0.3) is 6.08 Å². The molecule has 0 spiro atoms. The fourth-order valence-electron chi connectivity index (χ4n) is 3.05. The van der Waals surface area contributed by atoms with Crippen LogP contribution in [0.15, 0.2) is 84.4 Å². The van der Waals surface area contributed by atoms with Crippen molar-refractivity contribution < 1.29 is 19.1 Å². The Hall–Kier alpha value is -4.57. The Kier molecular flexibility index (Phi) is 8.83. The van der Waals surface area contributed by atoms with Gasteiger partial charge in [0, 0.05) is 12.2 Å². The molecule has 2 amide bonds. The van der Waals surface area contributed by atoms with E-state index in [4.69, 9.17) is 9.47 Å². The molecule has 0 aromatic heterocycles. The minimum atomic E-state index is -0.470. The van der Waals surface area contributed by atoms with Crippen LogP contribution in [0.1, 0.15) is 18.1 Å². The third kappa shape index (κ3) is 7.24. The Morgan fingerprint density at radius 3 is 2.32 bits per heavy atom. The van der Waals surface area contributed by atoms with Crippen LogP contribution >= 0.6 is 0 Å². The molecule has 0 unspecified atom stereocenters. The second-order valence-corrected chi connectivity index (χ2v) is 7.18. The second kappa shape index (κ2) is 12.5. The number of nitrogens with one attached hydrogen (secondary N) is 2. The van der Waals surface area contributed by atoms with Gasteiger partial charge in [0.25, 0.3) is 11.8 Å². The maximum absolute atomic E-state index is 12.5. The summed E-state index contributed by atoms with van der Waals surface area (Å²) in [5, 5.41) is 15.0. The van der Waals surface area contributed by atoms with E-state index in [1.165, 1.54) is 6.08 Å². The number of carbonyl (C=O) groups excluding carboxylic acids is 2. The van der Waals surface area contributed by atoms with Crippen LogP contribution in [0, 0.1) is 11.3 Å². The summed E-state index contributed by atoms with van der Waals surface area (Å²) < 4.78 is 11.3. The van der Waals surface area contributed by atoms with Crippen LogP contribution in [0.4, 0.5) is 5.69 Å². The number of rotatable bonds is 10. The van der Waals surface area contributed by atoms with Gasteiger partial charge in [-0.3, -0.25) is 9.59 Å². The summed E-state index contributed by atoms with van der Waals surface area (Å²) in [7, 11) is 0. The van der Waals surface area contributed by atoms with Crippen LogP contribution in [-0.4, -0.2) is 25.0 Å². The van der Waals surface area contributed by atoms with Crippen molar-refractivity contribution in [2.45, 2.75) is 13.5 Å². The van der Waals surface area contributed by atoms with E-state index in [2.05, 4.69) is 10.6 Å². The summed E-state index contributed by atoms with van der Waals surface area (Å²) in [5.74, 6) is 0.0155. The zero-order valence-corrected chi connectivity index (χ0v) is 18.8. The number of carbonyl (C=O) groups is 2. The molecule has 0 aliphatic heterocycles. The van der Waals surface area contributed by atoms with Gasteiger partial charge >= 0.3 is 0 Å². The summed E-state index contributed by atoms with van der Waals surface area (Å²) in [5.41, 5.74) is 2.17. The number of nitrogens with zero attached hydrogens (tertiary/aromatic N) is 1. The second-order valence-electron chi connectivity index (χ2n) is 7.18. The molecule has 0 aliphatic rings. The van der Waals surface area contributed by atoms with Gasteiger partial charge in [-0.2, -0.15) is 5.26 Å². The zero-order chi connectivity index (χ0) is 24.2. The summed E-state index contributed by atoms with van der Waals surface area (Å²) in [6.07, 6.45) is 1.48. The van der Waals surface area contributed by atoms with Gasteiger partial charge in [-0.15, -0.1) is 0 Å². The molecule has 172 valence electrons. The fourth-order valence-corrected chi connectivity index (χ4v) is 3.05. The average Bonchev–Trinajstić information content (AvgIpc) is 2.86. The van der Waals surface area contributed by atoms with Crippen molar-refractivity contribution in [2.75, 3.05) is 18.5 Å². The molecule has 3 aromatic rings. The minimum Gasteiger partial charge on any atom is -0.490 e.